The molecule has 1 aromatic heterocycles. The second-order valence-corrected chi connectivity index (χ2v) is 10.9. The molecule has 212 valence electrons. The van der Waals surface area contributed by atoms with Crippen LogP contribution in [0.15, 0.2) is 60.7 Å². The maximum absolute atomic E-state index is 11.5. The highest BCUT2D eigenvalue weighted by Crippen LogP contribution is 2.34. The van der Waals surface area contributed by atoms with Gasteiger partial charge in [-0.1, -0.05) is 62.4 Å². The van der Waals surface area contributed by atoms with Gasteiger partial charge in [0.05, 0.1) is 0 Å². The number of para-hydroxylation sites is 1. The number of aliphatic carboxylic acids is 1. The number of pyridine rings is 1. The van der Waals surface area contributed by atoms with Crippen molar-refractivity contribution < 1.29 is 24.5 Å². The molecule has 0 saturated carbocycles. The minimum atomic E-state index is -1.01. The lowest BCUT2D eigenvalue weighted by atomic mass is 9.89. The number of carboxylic acids is 2. The zero-order valence-corrected chi connectivity index (χ0v) is 23.5. The Morgan fingerprint density at radius 3 is 2.50 bits per heavy atom. The lowest BCUT2D eigenvalue weighted by molar-refractivity contribution is -0.137. The van der Waals surface area contributed by atoms with Gasteiger partial charge in [-0.25, -0.2) is 9.78 Å². The van der Waals surface area contributed by atoms with Gasteiger partial charge in [0.1, 0.15) is 18.1 Å². The summed E-state index contributed by atoms with van der Waals surface area (Å²) in [4.78, 5) is 29.4. The smallest absolute Gasteiger partial charge is 0.354 e. The predicted octanol–water partition coefficient (Wildman–Crippen LogP) is 6.66. The average Bonchev–Trinajstić information content (AvgIpc) is 2.95. The molecular weight excluding hydrogens is 504 g/mol. The average molecular weight is 545 g/mol. The number of aromatic carboxylic acids is 1. The third-order valence-electron chi connectivity index (χ3n) is 7.69. The van der Waals surface area contributed by atoms with Gasteiger partial charge < -0.3 is 14.9 Å². The van der Waals surface area contributed by atoms with Crippen molar-refractivity contribution in [3.63, 3.8) is 0 Å². The number of carbonyl (C=O) groups is 2. The van der Waals surface area contributed by atoms with Crippen LogP contribution in [0, 0.1) is 0 Å². The summed E-state index contributed by atoms with van der Waals surface area (Å²) in [7, 11) is 0. The van der Waals surface area contributed by atoms with E-state index in [0.29, 0.717) is 18.9 Å². The van der Waals surface area contributed by atoms with Gasteiger partial charge in [0.15, 0.2) is 0 Å². The lowest BCUT2D eigenvalue weighted by Gasteiger charge is -2.36. The Hall–Kier alpha value is -3.71. The number of aryl methyl sites for hydroxylation is 1. The quantitative estimate of drug-likeness (QED) is 0.219. The van der Waals surface area contributed by atoms with Crippen LogP contribution in [0.1, 0.15) is 96.3 Å². The molecule has 1 aliphatic carbocycles. The van der Waals surface area contributed by atoms with E-state index in [0.717, 1.165) is 73.3 Å². The van der Waals surface area contributed by atoms with Crippen molar-refractivity contribution in [2.45, 2.75) is 77.4 Å². The van der Waals surface area contributed by atoms with E-state index in [2.05, 4.69) is 54.1 Å². The molecule has 0 bridgehead atoms. The third kappa shape index (κ3) is 7.92. The molecule has 0 amide bonds. The maximum atomic E-state index is 11.5. The number of rotatable bonds is 14. The molecule has 0 radical (unpaired) electrons. The normalized spacial score (nSPS) is 14.8. The molecular formula is C33H40N2O5. The van der Waals surface area contributed by atoms with Gasteiger partial charge in [-0.05, 0) is 85.4 Å². The minimum Gasteiger partial charge on any atom is -0.489 e. The Kier molecular flexibility index (Phi) is 10.3. The topological polar surface area (TPSA) is 100.0 Å². The van der Waals surface area contributed by atoms with Crippen LogP contribution < -0.4 is 4.74 Å². The summed E-state index contributed by atoms with van der Waals surface area (Å²) in [5.41, 5.74) is 5.60. The molecule has 7 heteroatoms. The van der Waals surface area contributed by atoms with Crippen LogP contribution in [-0.2, 0) is 24.2 Å². The Bertz CT molecular complexity index is 1290. The number of carboxylic acid groups (broad SMARTS) is 2. The largest absolute Gasteiger partial charge is 0.489 e. The molecule has 7 nitrogen and oxygen atoms in total. The van der Waals surface area contributed by atoms with Crippen LogP contribution in [0.2, 0.25) is 0 Å². The highest BCUT2D eigenvalue weighted by molar-refractivity contribution is 5.85. The minimum absolute atomic E-state index is 0.0809. The Labute approximate surface area is 236 Å². The van der Waals surface area contributed by atoms with Gasteiger partial charge in [0.2, 0.25) is 0 Å². The monoisotopic (exact) mass is 544 g/mol. The van der Waals surface area contributed by atoms with Crippen molar-refractivity contribution in [2.24, 2.45) is 0 Å². The number of ether oxygens (including phenoxy) is 1. The van der Waals surface area contributed by atoms with E-state index in [9.17, 15) is 14.7 Å². The maximum Gasteiger partial charge on any atom is 0.354 e. The summed E-state index contributed by atoms with van der Waals surface area (Å²) in [6.45, 7) is 6.42. The van der Waals surface area contributed by atoms with Crippen LogP contribution in [0.3, 0.4) is 0 Å². The van der Waals surface area contributed by atoms with Crippen LogP contribution in [0.5, 0.6) is 5.75 Å². The van der Waals surface area contributed by atoms with Gasteiger partial charge in [0, 0.05) is 24.7 Å². The summed E-state index contributed by atoms with van der Waals surface area (Å²) in [6.07, 6.45) is 5.02. The first-order chi connectivity index (χ1) is 19.3. The summed E-state index contributed by atoms with van der Waals surface area (Å²) in [6, 6.07) is 20.4. The van der Waals surface area contributed by atoms with Gasteiger partial charge in [-0.2, -0.15) is 0 Å². The highest BCUT2D eigenvalue weighted by Gasteiger charge is 2.27. The van der Waals surface area contributed by atoms with Gasteiger partial charge >= 0.3 is 11.9 Å². The van der Waals surface area contributed by atoms with Crippen LogP contribution in [-0.4, -0.2) is 45.1 Å². The molecule has 1 heterocycles. The van der Waals surface area contributed by atoms with Gasteiger partial charge in [0.25, 0.3) is 0 Å². The summed E-state index contributed by atoms with van der Waals surface area (Å²) >= 11 is 0. The van der Waals surface area contributed by atoms with Crippen molar-refractivity contribution in [3.05, 3.63) is 94.3 Å². The second-order valence-electron chi connectivity index (χ2n) is 10.9. The van der Waals surface area contributed by atoms with Gasteiger partial charge in [-0.15, -0.1) is 0 Å². The Morgan fingerprint density at radius 1 is 1.00 bits per heavy atom. The number of fused-ring (bicyclic) bond motifs is 1. The fourth-order valence-electron chi connectivity index (χ4n) is 5.42. The molecule has 1 atom stereocenters. The van der Waals surface area contributed by atoms with E-state index in [1.165, 1.54) is 5.56 Å². The first-order valence-electron chi connectivity index (χ1n) is 14.3. The molecule has 1 aliphatic rings. The van der Waals surface area contributed by atoms with Crippen molar-refractivity contribution in [1.82, 2.24) is 9.88 Å². The van der Waals surface area contributed by atoms with Crippen molar-refractivity contribution >= 4 is 11.9 Å². The van der Waals surface area contributed by atoms with Crippen molar-refractivity contribution in [3.8, 4) is 5.75 Å². The fourth-order valence-corrected chi connectivity index (χ4v) is 5.42. The Balaban J connectivity index is 1.47. The number of aromatic nitrogens is 1. The van der Waals surface area contributed by atoms with E-state index in [1.807, 2.05) is 24.3 Å². The van der Waals surface area contributed by atoms with Gasteiger partial charge in [-0.3, -0.25) is 9.69 Å². The standard InChI is InChI=1S/C33H40N2O5/c1-23(2)25-15-13-24(14-16-25)22-40-31-11-4-3-8-26(31)19-21-35(20-6-5-12-32(36)37)30-10-7-9-28-27(30)17-18-29(34-28)33(38)39/h3-4,8,11,13-18,23,30H,5-7,9-10,12,19-22H2,1-2H3,(H,36,37)(H,38,39). The van der Waals surface area contributed by atoms with Crippen LogP contribution >= 0.6 is 0 Å². The molecule has 3 aromatic rings. The zero-order chi connectivity index (χ0) is 28.5. The summed E-state index contributed by atoms with van der Waals surface area (Å²) < 4.78 is 6.27. The molecule has 0 saturated heterocycles. The lowest BCUT2D eigenvalue weighted by Crippen LogP contribution is -2.34. The SMILES string of the molecule is CC(C)c1ccc(COc2ccccc2CCN(CCCCC(=O)O)C2CCCc3nc(C(=O)O)ccc32)cc1. The number of hydrogen-bond acceptors (Lipinski definition) is 5. The van der Waals surface area contributed by atoms with Crippen molar-refractivity contribution in [2.75, 3.05) is 13.1 Å². The molecule has 2 aromatic carbocycles. The number of unbranched alkanes of at least 4 members (excludes halogenated alkanes) is 1. The van der Waals surface area contributed by atoms with E-state index < -0.39 is 11.9 Å². The summed E-state index contributed by atoms with van der Waals surface area (Å²) in [5, 5.41) is 18.5. The van der Waals surface area contributed by atoms with Crippen LogP contribution in [0.25, 0.3) is 0 Å². The molecule has 1 unspecified atom stereocenters. The molecule has 0 aliphatic heterocycles. The number of benzene rings is 2. The zero-order valence-electron chi connectivity index (χ0n) is 23.5. The molecule has 40 heavy (non-hydrogen) atoms. The first-order valence-corrected chi connectivity index (χ1v) is 14.3. The third-order valence-corrected chi connectivity index (χ3v) is 7.69. The summed E-state index contributed by atoms with van der Waals surface area (Å²) in [5.74, 6) is -0.417. The van der Waals surface area contributed by atoms with E-state index in [4.69, 9.17) is 9.84 Å². The number of nitrogens with zero attached hydrogens (tertiary/aromatic N) is 2. The molecule has 0 fully saturated rings. The molecule has 2 N–H and O–H groups in total. The van der Waals surface area contributed by atoms with E-state index >= 15 is 0 Å². The van der Waals surface area contributed by atoms with E-state index in [-0.39, 0.29) is 18.2 Å². The predicted molar refractivity (Wildman–Crippen MR) is 155 cm³/mol. The first kappa shape index (κ1) is 29.3. The second kappa shape index (κ2) is 14.1. The Morgan fingerprint density at radius 2 is 1.77 bits per heavy atom. The van der Waals surface area contributed by atoms with E-state index in [1.54, 1.807) is 6.07 Å². The fraction of sp³-hybridized carbons (Fsp3) is 0.424. The van der Waals surface area contributed by atoms with Crippen LogP contribution in [0.4, 0.5) is 0 Å². The molecule has 4 rings (SSSR count). The number of hydrogen-bond donors (Lipinski definition) is 2. The molecule has 0 spiro atoms. The van der Waals surface area contributed by atoms with Crippen molar-refractivity contribution in [1.29, 1.82) is 0 Å². The highest BCUT2D eigenvalue weighted by atomic mass is 16.5.